The van der Waals surface area contributed by atoms with Gasteiger partial charge in [-0.2, -0.15) is 13.2 Å². The third kappa shape index (κ3) is 2.34. The van der Waals surface area contributed by atoms with Crippen molar-refractivity contribution in [1.29, 1.82) is 0 Å². The molecule has 0 saturated heterocycles. The lowest BCUT2D eigenvalue weighted by molar-refractivity contribution is -0.186. The molecular weight excluding hydrogens is 181 g/mol. The Morgan fingerprint density at radius 3 is 2.23 bits per heavy atom. The first-order chi connectivity index (χ1) is 5.96. The molecule has 78 valence electrons. The highest BCUT2D eigenvalue weighted by molar-refractivity contribution is 4.86. The van der Waals surface area contributed by atoms with Crippen LogP contribution in [0.3, 0.4) is 0 Å². The highest BCUT2D eigenvalue weighted by Crippen LogP contribution is 2.30. The molecule has 1 fully saturated rings. The molecule has 1 aliphatic carbocycles. The molecule has 1 rings (SSSR count). The predicted octanol–water partition coefficient (Wildman–Crippen LogP) is 1.36. The number of halogens is 3. The van der Waals surface area contributed by atoms with Crippen molar-refractivity contribution in [2.45, 2.75) is 37.5 Å². The van der Waals surface area contributed by atoms with Crippen LogP contribution in [-0.2, 0) is 0 Å². The molecule has 0 radical (unpaired) electrons. The summed E-state index contributed by atoms with van der Waals surface area (Å²) in [5, 5.41) is 0. The van der Waals surface area contributed by atoms with Crippen molar-refractivity contribution >= 4 is 0 Å². The van der Waals surface area contributed by atoms with E-state index in [1.54, 1.807) is 0 Å². The molecular formula is C8H15F3N2. The second-order valence-electron chi connectivity index (χ2n) is 3.54. The fourth-order valence-corrected chi connectivity index (χ4v) is 1.58. The lowest BCUT2D eigenvalue weighted by atomic mass is 9.91. The maximum atomic E-state index is 12.4. The zero-order chi connectivity index (χ0) is 10.1. The van der Waals surface area contributed by atoms with Crippen molar-refractivity contribution in [3.8, 4) is 0 Å². The van der Waals surface area contributed by atoms with Crippen molar-refractivity contribution in [3.05, 3.63) is 0 Å². The topological polar surface area (TPSA) is 29.3 Å². The van der Waals surface area contributed by atoms with Gasteiger partial charge in [-0.15, -0.1) is 0 Å². The van der Waals surface area contributed by atoms with Crippen LogP contribution in [-0.4, -0.2) is 36.8 Å². The third-order valence-corrected chi connectivity index (χ3v) is 2.74. The van der Waals surface area contributed by atoms with Gasteiger partial charge >= 0.3 is 6.18 Å². The highest BCUT2D eigenvalue weighted by Gasteiger charge is 2.44. The molecule has 0 heterocycles. The molecule has 0 spiro atoms. The van der Waals surface area contributed by atoms with E-state index in [2.05, 4.69) is 0 Å². The van der Waals surface area contributed by atoms with Gasteiger partial charge in [-0.05, 0) is 19.9 Å². The number of rotatable bonds is 3. The summed E-state index contributed by atoms with van der Waals surface area (Å²) in [6, 6.07) is -1.40. The van der Waals surface area contributed by atoms with Gasteiger partial charge in [-0.25, -0.2) is 0 Å². The fourth-order valence-electron chi connectivity index (χ4n) is 1.58. The summed E-state index contributed by atoms with van der Waals surface area (Å²) in [4.78, 5) is 1.36. The number of likely N-dealkylation sites (N-methyl/N-ethyl adjacent to an activating group) is 1. The van der Waals surface area contributed by atoms with Gasteiger partial charge in [0.15, 0.2) is 0 Å². The van der Waals surface area contributed by atoms with Crippen molar-refractivity contribution in [2.24, 2.45) is 5.73 Å². The van der Waals surface area contributed by atoms with Gasteiger partial charge < -0.3 is 5.73 Å². The molecule has 5 heteroatoms. The first-order valence-corrected chi connectivity index (χ1v) is 4.45. The van der Waals surface area contributed by atoms with Crippen molar-refractivity contribution in [3.63, 3.8) is 0 Å². The van der Waals surface area contributed by atoms with Gasteiger partial charge in [-0.3, -0.25) is 4.90 Å². The molecule has 0 amide bonds. The van der Waals surface area contributed by atoms with E-state index in [4.69, 9.17) is 5.73 Å². The lowest BCUT2D eigenvalue weighted by Crippen LogP contribution is -2.54. The smallest absolute Gasteiger partial charge is 0.329 e. The number of alkyl halides is 3. The van der Waals surface area contributed by atoms with Crippen LogP contribution in [0.5, 0.6) is 0 Å². The van der Waals surface area contributed by atoms with Crippen LogP contribution >= 0.6 is 0 Å². The molecule has 0 aromatic heterocycles. The number of nitrogens with two attached hydrogens (primary N) is 1. The van der Waals surface area contributed by atoms with Crippen LogP contribution in [0.25, 0.3) is 0 Å². The van der Waals surface area contributed by atoms with E-state index in [1.807, 2.05) is 0 Å². The Morgan fingerprint density at radius 2 is 2.00 bits per heavy atom. The molecule has 0 bridgehead atoms. The zero-order valence-electron chi connectivity index (χ0n) is 7.64. The molecule has 0 aromatic carbocycles. The Morgan fingerprint density at radius 1 is 1.46 bits per heavy atom. The fraction of sp³-hybridized carbons (Fsp3) is 1.00. The van der Waals surface area contributed by atoms with Gasteiger partial charge in [0, 0.05) is 12.6 Å². The maximum Gasteiger partial charge on any atom is 0.405 e. The Hall–Kier alpha value is -0.290. The second kappa shape index (κ2) is 3.84. The number of nitrogens with zero attached hydrogens (tertiary/aromatic N) is 1. The van der Waals surface area contributed by atoms with E-state index in [-0.39, 0.29) is 12.6 Å². The minimum atomic E-state index is -4.20. The van der Waals surface area contributed by atoms with Crippen LogP contribution < -0.4 is 5.73 Å². The Balaban J connectivity index is 2.54. The molecule has 0 aliphatic heterocycles. The molecule has 1 saturated carbocycles. The summed E-state index contributed by atoms with van der Waals surface area (Å²) in [5.74, 6) is 0. The summed E-state index contributed by atoms with van der Waals surface area (Å²) in [7, 11) is 1.51. The van der Waals surface area contributed by atoms with Crippen LogP contribution in [0.15, 0.2) is 0 Å². The van der Waals surface area contributed by atoms with Crippen molar-refractivity contribution in [2.75, 3.05) is 13.6 Å². The average molecular weight is 196 g/mol. The standard InChI is InChI=1S/C8H15F3N2/c1-13(6-3-2-4-6)7(5-12)8(9,10)11/h6-7H,2-5,12H2,1H3. The van der Waals surface area contributed by atoms with Crippen LogP contribution in [0.4, 0.5) is 13.2 Å². The summed E-state index contributed by atoms with van der Waals surface area (Å²) >= 11 is 0. The van der Waals surface area contributed by atoms with Crippen LogP contribution in [0.2, 0.25) is 0 Å². The summed E-state index contributed by atoms with van der Waals surface area (Å²) in [5.41, 5.74) is 5.11. The van der Waals surface area contributed by atoms with Gasteiger partial charge in [-0.1, -0.05) is 6.42 Å². The molecule has 13 heavy (non-hydrogen) atoms. The minimum Gasteiger partial charge on any atom is -0.329 e. The SMILES string of the molecule is CN(C1CCC1)C(CN)C(F)(F)F. The van der Waals surface area contributed by atoms with E-state index >= 15 is 0 Å². The molecule has 2 N–H and O–H groups in total. The quantitative estimate of drug-likeness (QED) is 0.738. The van der Waals surface area contributed by atoms with E-state index in [0.29, 0.717) is 0 Å². The Labute approximate surface area is 75.9 Å². The summed E-state index contributed by atoms with van der Waals surface area (Å²) in [6.07, 6.45) is -1.44. The summed E-state index contributed by atoms with van der Waals surface area (Å²) < 4.78 is 37.1. The highest BCUT2D eigenvalue weighted by atomic mass is 19.4. The maximum absolute atomic E-state index is 12.4. The van der Waals surface area contributed by atoms with E-state index < -0.39 is 12.2 Å². The van der Waals surface area contributed by atoms with Crippen LogP contribution in [0, 0.1) is 0 Å². The van der Waals surface area contributed by atoms with Crippen molar-refractivity contribution in [1.82, 2.24) is 4.90 Å². The molecule has 1 unspecified atom stereocenters. The van der Waals surface area contributed by atoms with Gasteiger partial charge in [0.2, 0.25) is 0 Å². The first-order valence-electron chi connectivity index (χ1n) is 4.45. The molecule has 1 atom stereocenters. The van der Waals surface area contributed by atoms with E-state index in [9.17, 15) is 13.2 Å². The second-order valence-corrected chi connectivity index (χ2v) is 3.54. The average Bonchev–Trinajstić information content (AvgIpc) is 1.80. The first kappa shape index (κ1) is 10.8. The Bertz CT molecular complexity index is 165. The third-order valence-electron chi connectivity index (χ3n) is 2.74. The van der Waals surface area contributed by atoms with Gasteiger partial charge in [0.1, 0.15) is 6.04 Å². The number of hydrogen-bond acceptors (Lipinski definition) is 2. The molecule has 2 nitrogen and oxygen atoms in total. The van der Waals surface area contributed by atoms with Crippen molar-refractivity contribution < 1.29 is 13.2 Å². The largest absolute Gasteiger partial charge is 0.405 e. The predicted molar refractivity (Wildman–Crippen MR) is 44.3 cm³/mol. The van der Waals surface area contributed by atoms with Gasteiger partial charge in [0.25, 0.3) is 0 Å². The lowest BCUT2D eigenvalue weighted by Gasteiger charge is -2.40. The van der Waals surface area contributed by atoms with E-state index in [1.165, 1.54) is 11.9 Å². The zero-order valence-corrected chi connectivity index (χ0v) is 7.64. The molecule has 1 aliphatic rings. The molecule has 0 aromatic rings. The van der Waals surface area contributed by atoms with Crippen LogP contribution in [0.1, 0.15) is 19.3 Å². The van der Waals surface area contributed by atoms with Gasteiger partial charge in [0.05, 0.1) is 0 Å². The minimum absolute atomic E-state index is 0.0789. The monoisotopic (exact) mass is 196 g/mol. The Kier molecular flexibility index (Phi) is 3.18. The van der Waals surface area contributed by atoms with E-state index in [0.717, 1.165) is 19.3 Å². The summed E-state index contributed by atoms with van der Waals surface area (Å²) in [6.45, 7) is -0.351. The number of hydrogen-bond donors (Lipinski definition) is 1. The normalized spacial score (nSPS) is 21.7.